The molecule has 0 spiro atoms. The lowest BCUT2D eigenvalue weighted by Gasteiger charge is -2.51. The average molecular weight is 1620 g/mol. The zero-order valence-electron chi connectivity index (χ0n) is 61.5. The summed E-state index contributed by atoms with van der Waals surface area (Å²) in [5.74, 6) is -12.6. The highest BCUT2D eigenvalue weighted by molar-refractivity contribution is 9.09. The molecule has 602 valence electrons. The molecule has 0 saturated heterocycles. The van der Waals surface area contributed by atoms with Gasteiger partial charge in [-0.2, -0.15) is 0 Å². The van der Waals surface area contributed by atoms with Gasteiger partial charge in [0.1, 0.15) is 10.9 Å². The van der Waals surface area contributed by atoms with Crippen LogP contribution < -0.4 is 64.8 Å². The lowest BCUT2D eigenvalue weighted by Crippen LogP contribution is -3.00. The van der Waals surface area contributed by atoms with Gasteiger partial charge in [-0.15, -0.1) is 0 Å². The molecule has 12 atom stereocenters. The Kier molecular flexibility index (Phi) is 49.6. The third-order valence-electron chi connectivity index (χ3n) is 18.2. The van der Waals surface area contributed by atoms with Gasteiger partial charge in [0.05, 0.1) is 118 Å². The Morgan fingerprint density at radius 3 is 1.14 bits per heavy atom. The minimum Gasteiger partial charge on any atom is -1.00 e. The fourth-order valence-corrected chi connectivity index (χ4v) is 13.6. The van der Waals surface area contributed by atoms with Gasteiger partial charge >= 0.3 is 35.8 Å². The Labute approximate surface area is 643 Å². The number of carbonyl (C=O) groups is 7. The van der Waals surface area contributed by atoms with Crippen LogP contribution in [0.15, 0.2) is 91.0 Å². The van der Waals surface area contributed by atoms with Crippen LogP contribution in [0.3, 0.4) is 0 Å². The van der Waals surface area contributed by atoms with Gasteiger partial charge < -0.3 is 139 Å². The van der Waals surface area contributed by atoms with Crippen molar-refractivity contribution in [3.8, 4) is 0 Å². The predicted molar refractivity (Wildman–Crippen MR) is 379 cm³/mol. The molecule has 33 heteroatoms. The van der Waals surface area contributed by atoms with Gasteiger partial charge in [-0.1, -0.05) is 128 Å². The zero-order chi connectivity index (χ0) is 77.5. The first-order chi connectivity index (χ1) is 47.7. The first-order valence-corrected chi connectivity index (χ1v) is 35.4. The molecular weight excluding hydrogens is 1500 g/mol. The fraction of sp³-hybridized carbons (Fsp3) is 0.653. The zero-order valence-corrected chi connectivity index (χ0v) is 65.4. The van der Waals surface area contributed by atoms with Crippen molar-refractivity contribution >= 4 is 57.7 Å². The largest absolute Gasteiger partial charge is 1.00 e. The van der Waals surface area contributed by atoms with E-state index < -0.39 is 176 Å². The number of hydrogen-bond acceptors (Lipinski definition) is 24. The minimum absolute atomic E-state index is 0. The molecule has 6 rings (SSSR count). The summed E-state index contributed by atoms with van der Waals surface area (Å²) in [6.07, 6.45) is -11.3. The normalized spacial score (nSPS) is 26.8. The van der Waals surface area contributed by atoms with Gasteiger partial charge in [-0.05, 0) is 110 Å². The van der Waals surface area contributed by atoms with Gasteiger partial charge in [0.25, 0.3) is 0 Å². The van der Waals surface area contributed by atoms with E-state index in [2.05, 4.69) is 60.8 Å². The highest BCUT2D eigenvalue weighted by atomic mass is 79.9. The van der Waals surface area contributed by atoms with Crippen molar-refractivity contribution in [1.29, 1.82) is 0 Å². The number of nitrogens with one attached hydrogen (secondary N) is 1. The van der Waals surface area contributed by atoms with Gasteiger partial charge in [-0.3, -0.25) is 43.9 Å². The summed E-state index contributed by atoms with van der Waals surface area (Å²) in [6, 6.07) is 27.6. The number of aliphatic carboxylic acids is 6. The van der Waals surface area contributed by atoms with Crippen LogP contribution in [0.2, 0.25) is 0 Å². The van der Waals surface area contributed by atoms with Crippen LogP contribution in [0.1, 0.15) is 124 Å². The predicted octanol–water partition coefficient (Wildman–Crippen LogP) is -6.73. The van der Waals surface area contributed by atoms with Crippen molar-refractivity contribution in [3.63, 3.8) is 0 Å². The Bertz CT molecular complexity index is 2650. The fourth-order valence-electron chi connectivity index (χ4n) is 13.5. The second kappa shape index (κ2) is 51.2. The third kappa shape index (κ3) is 35.3. The highest BCUT2D eigenvalue weighted by Gasteiger charge is 2.55. The average Bonchev–Trinajstić information content (AvgIpc) is 0.759. The number of carboxylic acid groups (broad SMARTS) is 6. The smallest absolute Gasteiger partial charge is 0.317 e. The molecule has 3 saturated carbocycles. The maximum absolute atomic E-state index is 11.1. The maximum atomic E-state index is 11.1. The van der Waals surface area contributed by atoms with E-state index in [4.69, 9.17) is 61.7 Å². The molecule has 0 heterocycles. The Morgan fingerprint density at radius 1 is 0.533 bits per heavy atom. The van der Waals surface area contributed by atoms with Crippen LogP contribution >= 0.6 is 15.9 Å². The van der Waals surface area contributed by atoms with Crippen LogP contribution in [0.25, 0.3) is 0 Å². The van der Waals surface area contributed by atoms with Crippen molar-refractivity contribution < 1.29 is 151 Å². The van der Waals surface area contributed by atoms with Crippen molar-refractivity contribution in [2.75, 3.05) is 32.0 Å². The number of carboxylic acids is 6. The highest BCUT2D eigenvalue weighted by Crippen LogP contribution is 2.42. The van der Waals surface area contributed by atoms with E-state index in [1.165, 1.54) is 25.8 Å². The lowest BCUT2D eigenvalue weighted by atomic mass is 9.63. The lowest BCUT2D eigenvalue weighted by molar-refractivity contribution is -0.306. The molecule has 0 amide bonds. The molecule has 3 aromatic rings. The van der Waals surface area contributed by atoms with Gasteiger partial charge in [0, 0.05) is 61.0 Å². The summed E-state index contributed by atoms with van der Waals surface area (Å²) in [5.41, 5.74) is 22.7. The number of benzene rings is 3. The quantitative estimate of drug-likeness (QED) is 0.0210. The third-order valence-corrected chi connectivity index (χ3v) is 18.6. The summed E-state index contributed by atoms with van der Waals surface area (Å²) in [5, 5.41) is 121. The standard InChI is InChI=1S/C27H33N3O3.C17H29NO9.C14H23NO9.C8H19N.C6H11BrO2.3ClH/c28-22-25(31-16-19-10-4-1-5-11-19)23(29)27(33-18-21-14-8-3-9-15-21)24(30)26(22)32-17-20-12-6-2-7-13-20;1-7(4-9(19)20)12-15(25)13(8(2)5-10(21)22)17(27)14(16(12)26)18(3)6-11(23)24;16-8(17)3-1-6-12(22)7(2-4-9(18)19)14(24)11(13(6)23)15-5-10(20)21;1-6-9(7(2)3)8(4)5;1-6(2,3)9-5(8)4-7;;;/h1-15,22-27H,16-18,28-30H2;7-8,12-17,25-27H,4-6H2,1-3H3,(H,19,20)(H,21,22)(H,23,24);6-7,11-15,22-24H,1-5H2,(H,16,17)(H,18,19)(H,20,21);7-8H,6H2,1-5H3;4H2,1-3H3;3*1H/p-4. The molecule has 3 aliphatic rings. The molecule has 0 radical (unpaired) electrons. The Hall–Kier alpha value is -5.30. The number of carbonyl (C=O) groups excluding carboxylic acids is 2. The van der Waals surface area contributed by atoms with Crippen LogP contribution in [-0.2, 0) is 72.3 Å². The molecule has 0 aliphatic heterocycles. The summed E-state index contributed by atoms with van der Waals surface area (Å²) < 4.78 is 23.6. The summed E-state index contributed by atoms with van der Waals surface area (Å²) in [4.78, 5) is 79.4. The number of nitrogens with two attached hydrogens (primary N) is 3. The van der Waals surface area contributed by atoms with Gasteiger partial charge in [0.2, 0.25) is 0 Å². The number of nitrogens with zero attached hydrogens (tertiary/aromatic N) is 2. The number of ether oxygens (including phenoxy) is 4. The topological polar surface area (TPSA) is 499 Å². The van der Waals surface area contributed by atoms with E-state index in [1.54, 1.807) is 0 Å². The first-order valence-electron chi connectivity index (χ1n) is 34.3. The molecule has 29 nitrogen and oxygen atoms in total. The first kappa shape index (κ1) is 102. The molecule has 0 bridgehead atoms. The molecule has 105 heavy (non-hydrogen) atoms. The molecule has 3 fully saturated rings. The van der Waals surface area contributed by atoms with E-state index in [9.17, 15) is 69.3 Å². The van der Waals surface area contributed by atoms with Crippen molar-refractivity contribution in [2.24, 2.45) is 52.7 Å². The number of alkyl halides is 1. The number of aliphatic hydroxyl groups is 6. The van der Waals surface area contributed by atoms with Crippen LogP contribution in [0, 0.1) is 35.5 Å². The summed E-state index contributed by atoms with van der Waals surface area (Å²) >= 11 is 2.99. The number of esters is 1. The summed E-state index contributed by atoms with van der Waals surface area (Å²) in [7, 11) is 1.39. The van der Waals surface area contributed by atoms with Crippen molar-refractivity contribution in [1.82, 2.24) is 15.1 Å². The second-order valence-electron chi connectivity index (χ2n) is 27.8. The number of aliphatic hydroxyl groups excluding tert-OH is 6. The van der Waals surface area contributed by atoms with Crippen LogP contribution in [0.4, 0.5) is 0 Å². The second-order valence-corrected chi connectivity index (χ2v) is 28.3. The number of halogens is 4. The number of rotatable bonds is 31. The Morgan fingerprint density at radius 2 is 0.886 bits per heavy atom. The molecule has 12 unspecified atom stereocenters. The van der Waals surface area contributed by atoms with E-state index in [-0.39, 0.29) is 86.2 Å². The molecule has 0 aromatic heterocycles. The van der Waals surface area contributed by atoms with E-state index in [0.717, 1.165) is 23.2 Å². The van der Waals surface area contributed by atoms with Crippen LogP contribution in [-0.4, -0.2) is 243 Å². The minimum atomic E-state index is -1.39. The van der Waals surface area contributed by atoms with Crippen LogP contribution in [0.5, 0.6) is 0 Å². The van der Waals surface area contributed by atoms with E-state index in [0.29, 0.717) is 31.9 Å². The number of hydrogen-bond donors (Lipinski definition) is 15. The summed E-state index contributed by atoms with van der Waals surface area (Å²) in [6.45, 7) is 21.1. The van der Waals surface area contributed by atoms with E-state index in [1.807, 2.05) is 112 Å². The maximum Gasteiger partial charge on any atom is 0.317 e. The Balaban J connectivity index is 0. The SMILES string of the molecule is CC(C)(C)OC(=O)CBr.CC(CC(=O)O)C1C(O)C(C(C)CC(=O)O)C(O)C(N(C)CC(=O)O)C1O.CCN(C(C)C)C(C)C.NC1C(OCc2ccccc2)C(N)C(OCc2ccccc2)C(N)C1OCc1ccccc1.O=C([O-])CCC1C(O)C(CCC(=O)O)C(O)C(NCC(=O)O)C1O.[Cl-].[Cl-].[Cl-]. The molecular formula is C72H114BrCl3N6O23-4. The van der Waals surface area contributed by atoms with Gasteiger partial charge in [0.15, 0.2) is 0 Å². The molecule has 18 N–H and O–H groups in total. The van der Waals surface area contributed by atoms with E-state index >= 15 is 0 Å². The van der Waals surface area contributed by atoms with Gasteiger partial charge in [-0.25, -0.2) is 0 Å². The molecule has 3 aliphatic carbocycles. The molecule has 3 aromatic carbocycles. The number of likely N-dealkylation sites (N-methyl/N-ethyl adjacent to an activating group) is 1. The van der Waals surface area contributed by atoms with Crippen molar-refractivity contribution in [2.45, 2.75) is 230 Å². The monoisotopic (exact) mass is 1610 g/mol. The van der Waals surface area contributed by atoms with Crippen molar-refractivity contribution in [3.05, 3.63) is 108 Å².